The number of halogens is 2. The second kappa shape index (κ2) is 25.9. The van der Waals surface area contributed by atoms with Crippen LogP contribution >= 0.6 is 23.2 Å². The van der Waals surface area contributed by atoms with Crippen molar-refractivity contribution in [3.63, 3.8) is 0 Å². The second-order valence-corrected chi connectivity index (χ2v) is 24.6. The minimum Gasteiger partial charge on any atom is -0.490 e. The summed E-state index contributed by atoms with van der Waals surface area (Å²) in [6, 6.07) is 23.7. The summed E-state index contributed by atoms with van der Waals surface area (Å²) in [7, 11) is 0. The molecule has 8 rings (SSSR count). The minimum atomic E-state index is -1.05. The van der Waals surface area contributed by atoms with Crippen LogP contribution in [0.1, 0.15) is 164 Å². The topological polar surface area (TPSA) is 152 Å². The molecule has 0 radical (unpaired) electrons. The molecule has 0 fully saturated rings. The molecule has 0 unspecified atom stereocenters. The number of benzene rings is 4. The van der Waals surface area contributed by atoms with Gasteiger partial charge in [0.25, 0.3) is 0 Å². The average molecular weight is 1110 g/mol. The van der Waals surface area contributed by atoms with Gasteiger partial charge in [0.1, 0.15) is 22.7 Å². The lowest BCUT2D eigenvalue weighted by Crippen LogP contribution is -2.46. The van der Waals surface area contributed by atoms with Gasteiger partial charge in [0.15, 0.2) is 0 Å². The van der Waals surface area contributed by atoms with Gasteiger partial charge in [0.05, 0.1) is 49.3 Å². The van der Waals surface area contributed by atoms with Crippen LogP contribution in [0.5, 0.6) is 11.5 Å². The van der Waals surface area contributed by atoms with Crippen LogP contribution in [0.4, 0.5) is 11.4 Å². The van der Waals surface area contributed by atoms with Gasteiger partial charge >= 0.3 is 23.9 Å². The van der Waals surface area contributed by atoms with Crippen LogP contribution in [-0.2, 0) is 52.3 Å². The fourth-order valence-electron chi connectivity index (χ4n) is 11.7. The SMILES string of the molecule is C=CCCCCN1C[C@@]2(CCCc3cc(Cl)ccc32)COc2ccc([C@@H](CC(=O)O)C(=O)OC(C)(C)C)cc21.C=CCCCCN1C[C@@]2(CCCc3cc(Cl)ccc32)COc2ccc([C@H](CC(=O)O)C(=O)OC(C)(C)C)cc21. The summed E-state index contributed by atoms with van der Waals surface area (Å²) in [4.78, 5) is 54.5. The number of aliphatic carboxylic acids is 2. The molecule has 0 bridgehead atoms. The fourth-order valence-corrected chi connectivity index (χ4v) is 12.1. The first kappa shape index (κ1) is 59.7. The Bertz CT molecular complexity index is 2630. The monoisotopic (exact) mass is 1110 g/mol. The molecule has 4 aliphatic rings. The maximum atomic E-state index is 13.1. The van der Waals surface area contributed by atoms with E-state index in [-0.39, 0.29) is 23.7 Å². The first-order valence-electron chi connectivity index (χ1n) is 27.7. The molecule has 2 aliphatic heterocycles. The van der Waals surface area contributed by atoms with E-state index in [2.05, 4.69) is 47.2 Å². The van der Waals surface area contributed by atoms with E-state index < -0.39 is 46.9 Å². The molecule has 0 saturated carbocycles. The fraction of sp³-hybridized carbons (Fsp3) is 0.500. The van der Waals surface area contributed by atoms with Gasteiger partial charge in [-0.05, 0) is 201 Å². The summed E-state index contributed by atoms with van der Waals surface area (Å²) >= 11 is 12.7. The quantitative estimate of drug-likeness (QED) is 0.0554. The van der Waals surface area contributed by atoms with Crippen molar-refractivity contribution in [2.24, 2.45) is 0 Å². The van der Waals surface area contributed by atoms with Gasteiger partial charge in [-0.1, -0.05) is 59.6 Å². The largest absolute Gasteiger partial charge is 0.490 e. The summed E-state index contributed by atoms with van der Waals surface area (Å²) in [5, 5.41) is 20.7. The number of esters is 2. The molecule has 4 aromatic carbocycles. The Labute approximate surface area is 472 Å². The van der Waals surface area contributed by atoms with E-state index in [1.165, 1.54) is 22.3 Å². The third-order valence-electron chi connectivity index (χ3n) is 15.2. The van der Waals surface area contributed by atoms with E-state index in [1.807, 2.05) is 48.6 Å². The number of unbranched alkanes of at least 4 members (excludes halogenated alkanes) is 4. The lowest BCUT2D eigenvalue weighted by Gasteiger charge is -2.41. The Morgan fingerprint density at radius 2 is 1.01 bits per heavy atom. The van der Waals surface area contributed by atoms with Crippen molar-refractivity contribution in [2.75, 3.05) is 49.2 Å². The third-order valence-corrected chi connectivity index (χ3v) is 15.7. The van der Waals surface area contributed by atoms with Crippen molar-refractivity contribution in [2.45, 2.75) is 165 Å². The zero-order valence-corrected chi connectivity index (χ0v) is 48.1. The van der Waals surface area contributed by atoms with Gasteiger partial charge in [0, 0.05) is 47.1 Å². The molecule has 2 heterocycles. The van der Waals surface area contributed by atoms with Crippen LogP contribution in [0, 0.1) is 0 Å². The summed E-state index contributed by atoms with van der Waals surface area (Å²) in [6.07, 6.45) is 15.2. The molecule has 78 heavy (non-hydrogen) atoms. The molecule has 2 aliphatic carbocycles. The number of allylic oxidation sites excluding steroid dienone is 2. The number of carboxylic acids is 2. The van der Waals surface area contributed by atoms with Crippen molar-refractivity contribution in [3.05, 3.63) is 142 Å². The molecule has 4 atom stereocenters. The number of nitrogens with zero attached hydrogens (tertiary/aromatic N) is 2. The van der Waals surface area contributed by atoms with Gasteiger partial charge < -0.3 is 39.0 Å². The Hall–Kier alpha value is -5.98. The molecule has 0 aromatic heterocycles. The summed E-state index contributed by atoms with van der Waals surface area (Å²) < 4.78 is 24.3. The van der Waals surface area contributed by atoms with Crippen molar-refractivity contribution in [3.8, 4) is 11.5 Å². The molecular formula is C64H80Cl2N2O10. The summed E-state index contributed by atoms with van der Waals surface area (Å²) in [5.74, 6) is -3.49. The number of hydrogen-bond donors (Lipinski definition) is 2. The highest BCUT2D eigenvalue weighted by Crippen LogP contribution is 2.47. The van der Waals surface area contributed by atoms with E-state index in [0.29, 0.717) is 24.3 Å². The zero-order valence-electron chi connectivity index (χ0n) is 46.6. The smallest absolute Gasteiger partial charge is 0.314 e. The predicted molar refractivity (Wildman–Crippen MR) is 310 cm³/mol. The standard InChI is InChI=1S/2C32H40ClNO5/c2*1-5-6-7-8-16-34-20-32(15-9-10-23-17-24(33)12-13-26(23)32)21-38-28-14-11-22(18-27(28)34)25(19-29(35)36)30(37)39-31(2,3)4/h2*5,11-14,17-18,25H,1,6-10,15-16,19-21H2,2-4H3,(H,35,36)/t25-,32+;25-,32-/m10/s1. The lowest BCUT2D eigenvalue weighted by molar-refractivity contribution is -0.159. The highest BCUT2D eigenvalue weighted by molar-refractivity contribution is 6.31. The number of hydrogen-bond acceptors (Lipinski definition) is 10. The van der Waals surface area contributed by atoms with Crippen molar-refractivity contribution in [1.29, 1.82) is 0 Å². The van der Waals surface area contributed by atoms with Crippen LogP contribution < -0.4 is 19.3 Å². The molecule has 12 nitrogen and oxygen atoms in total. The van der Waals surface area contributed by atoms with Gasteiger partial charge in [0.2, 0.25) is 0 Å². The number of carbonyl (C=O) groups excluding carboxylic acids is 2. The van der Waals surface area contributed by atoms with Gasteiger partial charge in [-0.3, -0.25) is 19.2 Å². The number of aryl methyl sites for hydroxylation is 2. The van der Waals surface area contributed by atoms with Crippen molar-refractivity contribution < 1.29 is 48.3 Å². The molecule has 14 heteroatoms. The summed E-state index contributed by atoms with van der Waals surface area (Å²) in [5.41, 5.74) is 6.35. The Morgan fingerprint density at radius 3 is 1.37 bits per heavy atom. The average Bonchev–Trinajstić information content (AvgIpc) is 3.89. The number of rotatable bonds is 18. The first-order chi connectivity index (χ1) is 37.0. The van der Waals surface area contributed by atoms with Crippen LogP contribution in [-0.4, -0.2) is 84.7 Å². The van der Waals surface area contributed by atoms with E-state index in [9.17, 15) is 29.4 Å². The third kappa shape index (κ3) is 15.2. The number of carbonyl (C=O) groups is 4. The second-order valence-electron chi connectivity index (χ2n) is 23.7. The normalized spacial score (nSPS) is 19.3. The van der Waals surface area contributed by atoms with Crippen LogP contribution in [0.25, 0.3) is 0 Å². The Morgan fingerprint density at radius 1 is 0.615 bits per heavy atom. The molecule has 0 saturated heterocycles. The van der Waals surface area contributed by atoms with Crippen molar-refractivity contribution in [1.82, 2.24) is 0 Å². The van der Waals surface area contributed by atoms with Gasteiger partial charge in [-0.25, -0.2) is 0 Å². The Balaban J connectivity index is 0.000000226. The maximum Gasteiger partial charge on any atom is 0.314 e. The van der Waals surface area contributed by atoms with Crippen molar-refractivity contribution >= 4 is 58.5 Å². The van der Waals surface area contributed by atoms with Crippen LogP contribution in [0.3, 0.4) is 0 Å². The Kier molecular flexibility index (Phi) is 19.8. The highest BCUT2D eigenvalue weighted by Gasteiger charge is 2.44. The number of carboxylic acid groups (broad SMARTS) is 2. The number of fused-ring (bicyclic) bond motifs is 6. The highest BCUT2D eigenvalue weighted by atomic mass is 35.5. The summed E-state index contributed by atoms with van der Waals surface area (Å²) in [6.45, 7) is 22.7. The van der Waals surface area contributed by atoms with E-state index in [0.717, 1.165) is 136 Å². The molecule has 2 N–H and O–H groups in total. The van der Waals surface area contributed by atoms with E-state index in [4.69, 9.17) is 42.1 Å². The maximum absolute atomic E-state index is 13.1. The number of ether oxygens (including phenoxy) is 4. The van der Waals surface area contributed by atoms with Crippen LogP contribution in [0.2, 0.25) is 10.0 Å². The number of anilines is 2. The van der Waals surface area contributed by atoms with Gasteiger partial charge in [-0.15, -0.1) is 13.2 Å². The first-order valence-corrected chi connectivity index (χ1v) is 28.5. The predicted octanol–water partition coefficient (Wildman–Crippen LogP) is 14.1. The van der Waals surface area contributed by atoms with Crippen LogP contribution in [0.15, 0.2) is 98.1 Å². The zero-order chi connectivity index (χ0) is 56.4. The molecule has 2 spiro atoms. The lowest BCUT2D eigenvalue weighted by atomic mass is 9.70. The molecular weight excluding hydrogens is 1030 g/mol. The van der Waals surface area contributed by atoms with Gasteiger partial charge in [-0.2, -0.15) is 0 Å². The molecule has 420 valence electrons. The van der Waals surface area contributed by atoms with E-state index >= 15 is 0 Å². The molecule has 0 amide bonds. The minimum absolute atomic E-state index is 0.193. The molecule has 4 aromatic rings. The van der Waals surface area contributed by atoms with E-state index in [1.54, 1.807) is 53.7 Å².